The maximum absolute atomic E-state index is 10.7. The number of aliphatic hydroxyl groups excluding tert-OH is 2. The molecule has 202 valence electrons. The van der Waals surface area contributed by atoms with E-state index in [1.807, 2.05) is 27.7 Å². The van der Waals surface area contributed by atoms with E-state index in [2.05, 4.69) is 11.8 Å². The maximum Gasteiger partial charge on any atom is 0.469 e. The fourth-order valence-electron chi connectivity index (χ4n) is 3.87. The summed E-state index contributed by atoms with van der Waals surface area (Å²) in [5.74, 6) is 0.760. The van der Waals surface area contributed by atoms with E-state index >= 15 is 0 Å². The molecule has 33 heavy (non-hydrogen) atoms. The molecule has 0 atom stereocenters. The highest BCUT2D eigenvalue weighted by molar-refractivity contribution is 7.46. The van der Waals surface area contributed by atoms with Crippen molar-refractivity contribution < 1.29 is 29.1 Å². The van der Waals surface area contributed by atoms with Gasteiger partial charge in [-0.3, -0.25) is 9.42 Å². The van der Waals surface area contributed by atoms with Gasteiger partial charge in [-0.1, -0.05) is 92.4 Å². The molecule has 0 bridgehead atoms. The standard InChI is InChI=1S/C16H35NO2.C9H21O4P/c1-2-3-4-5-6-7-8-9-10-11-12-17(13-15-18)14-16-19;1-7(2)5-9(6-8(3)4)13-14(10,11)12/h18-19H,2-16H2,1H3;7-9H,5-6H2,1-4H3,(H2,10,11,12). The van der Waals surface area contributed by atoms with Crippen LogP contribution < -0.4 is 0 Å². The SMILES string of the molecule is CC(C)CC(CC(C)C)OP(=O)(O)O.CCCCCCCCCCCCN(CCO)CCO. The summed E-state index contributed by atoms with van der Waals surface area (Å²) >= 11 is 0. The molecule has 0 aliphatic heterocycles. The van der Waals surface area contributed by atoms with Crippen LogP contribution in [0.2, 0.25) is 0 Å². The van der Waals surface area contributed by atoms with Crippen molar-refractivity contribution in [2.45, 2.75) is 118 Å². The zero-order valence-electron chi connectivity index (χ0n) is 22.3. The third-order valence-electron chi connectivity index (χ3n) is 5.42. The van der Waals surface area contributed by atoms with E-state index in [0.29, 0.717) is 37.8 Å². The second-order valence-corrected chi connectivity index (χ2v) is 11.1. The minimum absolute atomic E-state index is 0.192. The van der Waals surface area contributed by atoms with Gasteiger partial charge in [-0.25, -0.2) is 4.57 Å². The first-order valence-electron chi connectivity index (χ1n) is 13.2. The lowest BCUT2D eigenvalue weighted by molar-refractivity contribution is 0.101. The second kappa shape index (κ2) is 23.7. The Morgan fingerprint density at radius 2 is 1.09 bits per heavy atom. The first-order chi connectivity index (χ1) is 15.6. The lowest BCUT2D eigenvalue weighted by atomic mass is 9.98. The van der Waals surface area contributed by atoms with E-state index in [4.69, 9.17) is 24.5 Å². The van der Waals surface area contributed by atoms with Crippen LogP contribution in [0.5, 0.6) is 0 Å². The third-order valence-corrected chi connectivity index (χ3v) is 5.99. The van der Waals surface area contributed by atoms with Crippen LogP contribution in [0.15, 0.2) is 0 Å². The summed E-state index contributed by atoms with van der Waals surface area (Å²) in [5, 5.41) is 17.8. The molecule has 0 heterocycles. The van der Waals surface area contributed by atoms with Crippen molar-refractivity contribution in [3.05, 3.63) is 0 Å². The van der Waals surface area contributed by atoms with Crippen molar-refractivity contribution >= 4 is 7.82 Å². The Bertz CT molecular complexity index is 429. The van der Waals surface area contributed by atoms with E-state index in [0.717, 1.165) is 6.54 Å². The Morgan fingerprint density at radius 1 is 0.697 bits per heavy atom. The molecule has 0 aliphatic carbocycles. The third kappa shape index (κ3) is 30.0. The number of rotatable bonds is 21. The highest BCUT2D eigenvalue weighted by Gasteiger charge is 2.23. The summed E-state index contributed by atoms with van der Waals surface area (Å²) < 4.78 is 15.4. The molecule has 0 radical (unpaired) electrons. The van der Waals surface area contributed by atoms with Gasteiger partial charge in [0.25, 0.3) is 0 Å². The van der Waals surface area contributed by atoms with Gasteiger partial charge < -0.3 is 20.0 Å². The van der Waals surface area contributed by atoms with E-state index < -0.39 is 7.82 Å². The number of hydrogen-bond donors (Lipinski definition) is 4. The van der Waals surface area contributed by atoms with Gasteiger partial charge in [-0.2, -0.15) is 0 Å². The van der Waals surface area contributed by atoms with Crippen molar-refractivity contribution in [1.29, 1.82) is 0 Å². The number of unbranched alkanes of at least 4 members (excludes halogenated alkanes) is 9. The quantitative estimate of drug-likeness (QED) is 0.118. The van der Waals surface area contributed by atoms with Crippen molar-refractivity contribution in [3.8, 4) is 0 Å². The number of aliphatic hydroxyl groups is 2. The number of phosphoric ester groups is 1. The summed E-state index contributed by atoms with van der Waals surface area (Å²) in [4.78, 5) is 19.5. The lowest BCUT2D eigenvalue weighted by Gasteiger charge is -2.21. The van der Waals surface area contributed by atoms with Gasteiger partial charge in [0.05, 0.1) is 19.3 Å². The summed E-state index contributed by atoms with van der Waals surface area (Å²) in [7, 11) is -4.33. The molecule has 8 heteroatoms. The van der Waals surface area contributed by atoms with Crippen LogP contribution >= 0.6 is 7.82 Å². The summed E-state index contributed by atoms with van der Waals surface area (Å²) in [6.07, 6.45) is 14.5. The molecule has 7 nitrogen and oxygen atoms in total. The monoisotopic (exact) mass is 497 g/mol. The van der Waals surface area contributed by atoms with Gasteiger partial charge in [-0.15, -0.1) is 0 Å². The van der Waals surface area contributed by atoms with Gasteiger partial charge in [-0.05, 0) is 37.6 Å². The first kappa shape index (κ1) is 35.2. The van der Waals surface area contributed by atoms with Crippen LogP contribution in [0.25, 0.3) is 0 Å². The fourth-order valence-corrected chi connectivity index (χ4v) is 4.43. The molecule has 0 saturated heterocycles. The Kier molecular flexibility index (Phi) is 25.3. The Labute approximate surface area is 204 Å². The zero-order valence-corrected chi connectivity index (χ0v) is 23.1. The molecule has 4 N–H and O–H groups in total. The normalized spacial score (nSPS) is 12.2. The smallest absolute Gasteiger partial charge is 0.395 e. The number of nitrogens with zero attached hydrogens (tertiary/aromatic N) is 1. The second-order valence-electron chi connectivity index (χ2n) is 9.95. The Hall–Kier alpha value is -0.0100. The molecule has 0 aliphatic rings. The van der Waals surface area contributed by atoms with Gasteiger partial charge in [0.1, 0.15) is 0 Å². The van der Waals surface area contributed by atoms with E-state index in [9.17, 15) is 4.57 Å². The van der Waals surface area contributed by atoms with E-state index in [1.54, 1.807) is 0 Å². The predicted octanol–water partition coefficient (Wildman–Crippen LogP) is 5.75. The summed E-state index contributed by atoms with van der Waals surface area (Å²) in [5.41, 5.74) is 0. The Balaban J connectivity index is 0. The largest absolute Gasteiger partial charge is 0.469 e. The highest BCUT2D eigenvalue weighted by atomic mass is 31.2. The molecule has 0 aromatic rings. The van der Waals surface area contributed by atoms with E-state index in [-0.39, 0.29) is 19.3 Å². The first-order valence-corrected chi connectivity index (χ1v) is 14.8. The zero-order chi connectivity index (χ0) is 25.5. The topological polar surface area (TPSA) is 110 Å². The van der Waals surface area contributed by atoms with Gasteiger partial charge in [0, 0.05) is 13.1 Å². The van der Waals surface area contributed by atoms with Crippen LogP contribution in [-0.2, 0) is 9.09 Å². The van der Waals surface area contributed by atoms with Crippen molar-refractivity contribution in [2.24, 2.45) is 11.8 Å². The van der Waals surface area contributed by atoms with Crippen molar-refractivity contribution in [3.63, 3.8) is 0 Å². The highest BCUT2D eigenvalue weighted by Crippen LogP contribution is 2.40. The Morgan fingerprint density at radius 3 is 1.42 bits per heavy atom. The maximum atomic E-state index is 10.7. The summed E-state index contributed by atoms with van der Waals surface area (Å²) in [6.45, 7) is 13.1. The number of phosphoric acid groups is 1. The average Bonchev–Trinajstić information content (AvgIpc) is 2.68. The minimum atomic E-state index is -4.33. The molecule has 0 saturated carbocycles. The molecule has 0 rings (SSSR count). The van der Waals surface area contributed by atoms with Crippen LogP contribution in [0.3, 0.4) is 0 Å². The van der Waals surface area contributed by atoms with Crippen LogP contribution in [-0.4, -0.2) is 63.9 Å². The van der Waals surface area contributed by atoms with Crippen molar-refractivity contribution in [1.82, 2.24) is 4.90 Å². The van der Waals surface area contributed by atoms with Crippen molar-refractivity contribution in [2.75, 3.05) is 32.8 Å². The predicted molar refractivity (Wildman–Crippen MR) is 138 cm³/mol. The minimum Gasteiger partial charge on any atom is -0.395 e. The molecule has 0 aromatic carbocycles. The van der Waals surface area contributed by atoms with Gasteiger partial charge in [0.15, 0.2) is 0 Å². The van der Waals surface area contributed by atoms with E-state index in [1.165, 1.54) is 64.2 Å². The van der Waals surface area contributed by atoms with Crippen LogP contribution in [0, 0.1) is 11.8 Å². The van der Waals surface area contributed by atoms with Gasteiger partial charge >= 0.3 is 7.82 Å². The molecule has 0 aromatic heterocycles. The summed E-state index contributed by atoms with van der Waals surface area (Å²) in [6, 6.07) is 0. The van der Waals surface area contributed by atoms with Gasteiger partial charge in [0.2, 0.25) is 0 Å². The lowest BCUT2D eigenvalue weighted by Crippen LogP contribution is -2.30. The number of hydrogen-bond acceptors (Lipinski definition) is 5. The fraction of sp³-hybridized carbons (Fsp3) is 1.00. The molecule has 0 amide bonds. The molecule has 0 spiro atoms. The average molecular weight is 498 g/mol. The van der Waals surface area contributed by atoms with Crippen LogP contribution in [0.1, 0.15) is 112 Å². The molecule has 0 unspecified atom stereocenters. The molecular weight excluding hydrogens is 441 g/mol. The molecular formula is C25H56NO6P. The van der Waals surface area contributed by atoms with Crippen LogP contribution in [0.4, 0.5) is 0 Å². The molecule has 0 fully saturated rings.